The number of rotatable bonds is 5. The molecule has 0 saturated carbocycles. The summed E-state index contributed by atoms with van der Waals surface area (Å²) in [4.78, 5) is 23.4. The number of hydrogen-bond acceptors (Lipinski definition) is 5. The fourth-order valence-electron chi connectivity index (χ4n) is 1.65. The molecule has 2 amide bonds. The Morgan fingerprint density at radius 2 is 2.10 bits per heavy atom. The third-order valence-corrected chi connectivity index (χ3v) is 2.70. The second-order valence-electron chi connectivity index (χ2n) is 4.38. The Balaban J connectivity index is 1.98. The standard InChI is InChI=1S/C14H16N4O3/c1-3-12(19)16-11-6-4-5-10(7-11)14(20)15-8-13-18-17-9(2)21-13/h4-7H,3,8H2,1-2H3,(H,15,20)(H,16,19). The van der Waals surface area contributed by atoms with E-state index in [1.165, 1.54) is 0 Å². The highest BCUT2D eigenvalue weighted by atomic mass is 16.4. The number of aryl methyl sites for hydroxylation is 1. The van der Waals surface area contributed by atoms with Gasteiger partial charge in [-0.15, -0.1) is 10.2 Å². The molecular weight excluding hydrogens is 272 g/mol. The van der Waals surface area contributed by atoms with Crippen LogP contribution in [0.1, 0.15) is 35.5 Å². The minimum atomic E-state index is -0.279. The van der Waals surface area contributed by atoms with Crippen molar-refractivity contribution in [2.24, 2.45) is 0 Å². The highest BCUT2D eigenvalue weighted by Gasteiger charge is 2.09. The van der Waals surface area contributed by atoms with Crippen molar-refractivity contribution in [3.63, 3.8) is 0 Å². The molecule has 0 radical (unpaired) electrons. The highest BCUT2D eigenvalue weighted by molar-refractivity contribution is 5.97. The van der Waals surface area contributed by atoms with Gasteiger partial charge in [0.25, 0.3) is 5.91 Å². The Labute approximate surface area is 121 Å². The van der Waals surface area contributed by atoms with E-state index in [0.717, 1.165) is 0 Å². The molecule has 0 aliphatic rings. The van der Waals surface area contributed by atoms with Gasteiger partial charge in [-0.2, -0.15) is 0 Å². The van der Waals surface area contributed by atoms with Gasteiger partial charge in [0.2, 0.25) is 17.7 Å². The monoisotopic (exact) mass is 288 g/mol. The first-order valence-corrected chi connectivity index (χ1v) is 6.55. The van der Waals surface area contributed by atoms with Crippen LogP contribution >= 0.6 is 0 Å². The van der Waals surface area contributed by atoms with Gasteiger partial charge >= 0.3 is 0 Å². The van der Waals surface area contributed by atoms with Crippen LogP contribution < -0.4 is 10.6 Å². The van der Waals surface area contributed by atoms with Crippen molar-refractivity contribution in [2.45, 2.75) is 26.8 Å². The predicted octanol–water partition coefficient (Wildman–Crippen LogP) is 1.66. The fourth-order valence-corrected chi connectivity index (χ4v) is 1.65. The van der Waals surface area contributed by atoms with Gasteiger partial charge in [0.05, 0.1) is 6.54 Å². The number of anilines is 1. The summed E-state index contributed by atoms with van der Waals surface area (Å²) in [6.45, 7) is 3.60. The molecule has 0 aliphatic carbocycles. The molecule has 0 unspecified atom stereocenters. The normalized spacial score (nSPS) is 10.2. The third kappa shape index (κ3) is 4.13. The number of nitrogens with one attached hydrogen (secondary N) is 2. The van der Waals surface area contributed by atoms with Gasteiger partial charge in [-0.05, 0) is 18.2 Å². The van der Waals surface area contributed by atoms with Gasteiger partial charge < -0.3 is 15.1 Å². The molecule has 7 heteroatoms. The lowest BCUT2D eigenvalue weighted by Crippen LogP contribution is -2.23. The van der Waals surface area contributed by atoms with E-state index < -0.39 is 0 Å². The second kappa shape index (κ2) is 6.65. The van der Waals surface area contributed by atoms with Gasteiger partial charge in [0.1, 0.15) is 0 Å². The molecule has 1 aromatic heterocycles. The molecular formula is C14H16N4O3. The first-order valence-electron chi connectivity index (χ1n) is 6.55. The molecule has 21 heavy (non-hydrogen) atoms. The van der Waals surface area contributed by atoms with Crippen LogP contribution in [0.5, 0.6) is 0 Å². The molecule has 1 heterocycles. The number of aromatic nitrogens is 2. The Kier molecular flexibility index (Phi) is 4.65. The lowest BCUT2D eigenvalue weighted by atomic mass is 10.2. The Morgan fingerprint density at radius 1 is 1.29 bits per heavy atom. The van der Waals surface area contributed by atoms with Gasteiger partial charge in [-0.1, -0.05) is 13.0 Å². The molecule has 0 atom stereocenters. The average Bonchev–Trinajstić information content (AvgIpc) is 2.90. The van der Waals surface area contributed by atoms with Crippen LogP contribution in [-0.2, 0) is 11.3 Å². The zero-order valence-electron chi connectivity index (χ0n) is 11.8. The maximum Gasteiger partial charge on any atom is 0.251 e. The van der Waals surface area contributed by atoms with Crippen molar-refractivity contribution in [1.82, 2.24) is 15.5 Å². The molecule has 2 rings (SSSR count). The number of hydrogen-bond donors (Lipinski definition) is 2. The number of amides is 2. The van der Waals surface area contributed by atoms with Crippen molar-refractivity contribution >= 4 is 17.5 Å². The molecule has 0 saturated heterocycles. The Hall–Kier alpha value is -2.70. The zero-order chi connectivity index (χ0) is 15.2. The maximum absolute atomic E-state index is 12.0. The first kappa shape index (κ1) is 14.7. The van der Waals surface area contributed by atoms with Crippen LogP contribution in [0, 0.1) is 6.92 Å². The first-order chi connectivity index (χ1) is 10.1. The smallest absolute Gasteiger partial charge is 0.251 e. The van der Waals surface area contributed by atoms with E-state index in [1.807, 2.05) is 0 Å². The topological polar surface area (TPSA) is 97.1 Å². The van der Waals surface area contributed by atoms with Crippen LogP contribution in [0.2, 0.25) is 0 Å². The maximum atomic E-state index is 12.0. The highest BCUT2D eigenvalue weighted by Crippen LogP contribution is 2.11. The van der Waals surface area contributed by atoms with E-state index in [2.05, 4.69) is 20.8 Å². The molecule has 2 N–H and O–H groups in total. The van der Waals surface area contributed by atoms with E-state index >= 15 is 0 Å². The summed E-state index contributed by atoms with van der Waals surface area (Å²) in [5, 5.41) is 12.8. The zero-order valence-corrected chi connectivity index (χ0v) is 11.8. The summed E-state index contributed by atoms with van der Waals surface area (Å²) in [5.41, 5.74) is 1.03. The average molecular weight is 288 g/mol. The second-order valence-corrected chi connectivity index (χ2v) is 4.38. The van der Waals surface area contributed by atoms with Crippen molar-refractivity contribution in [3.8, 4) is 0 Å². The molecule has 110 valence electrons. The van der Waals surface area contributed by atoms with Crippen LogP contribution in [0.15, 0.2) is 28.7 Å². The summed E-state index contributed by atoms with van der Waals surface area (Å²) in [6.07, 6.45) is 0.382. The lowest BCUT2D eigenvalue weighted by Gasteiger charge is -2.06. The number of nitrogens with zero attached hydrogens (tertiary/aromatic N) is 2. The van der Waals surface area contributed by atoms with Crippen LogP contribution in [0.4, 0.5) is 5.69 Å². The van der Waals surface area contributed by atoms with E-state index in [4.69, 9.17) is 4.42 Å². The fraction of sp³-hybridized carbons (Fsp3) is 0.286. The molecule has 0 fully saturated rings. The SMILES string of the molecule is CCC(=O)Nc1cccc(C(=O)NCc2nnc(C)o2)c1. The summed E-state index contributed by atoms with van der Waals surface area (Å²) in [7, 11) is 0. The third-order valence-electron chi connectivity index (χ3n) is 2.70. The van der Waals surface area contributed by atoms with Gasteiger partial charge in [0.15, 0.2) is 0 Å². The predicted molar refractivity (Wildman–Crippen MR) is 75.6 cm³/mol. The van der Waals surface area contributed by atoms with E-state index in [9.17, 15) is 9.59 Å². The summed E-state index contributed by atoms with van der Waals surface area (Å²) < 4.78 is 5.17. The molecule has 2 aromatic rings. The van der Waals surface area contributed by atoms with E-state index in [1.54, 1.807) is 38.1 Å². The van der Waals surface area contributed by atoms with E-state index in [0.29, 0.717) is 29.5 Å². The molecule has 7 nitrogen and oxygen atoms in total. The minimum Gasteiger partial charge on any atom is -0.424 e. The molecule has 0 spiro atoms. The van der Waals surface area contributed by atoms with Crippen molar-refractivity contribution in [1.29, 1.82) is 0 Å². The number of benzene rings is 1. The van der Waals surface area contributed by atoms with Gasteiger partial charge in [0, 0.05) is 24.6 Å². The quantitative estimate of drug-likeness (QED) is 0.872. The van der Waals surface area contributed by atoms with Crippen molar-refractivity contribution in [3.05, 3.63) is 41.6 Å². The Bertz CT molecular complexity index is 651. The van der Waals surface area contributed by atoms with E-state index in [-0.39, 0.29) is 18.4 Å². The van der Waals surface area contributed by atoms with Crippen molar-refractivity contribution in [2.75, 3.05) is 5.32 Å². The molecule has 0 aliphatic heterocycles. The molecule has 0 bridgehead atoms. The Morgan fingerprint density at radius 3 is 2.76 bits per heavy atom. The largest absolute Gasteiger partial charge is 0.424 e. The van der Waals surface area contributed by atoms with Crippen LogP contribution in [0.3, 0.4) is 0 Å². The number of carbonyl (C=O) groups excluding carboxylic acids is 2. The lowest BCUT2D eigenvalue weighted by molar-refractivity contribution is -0.115. The summed E-state index contributed by atoms with van der Waals surface area (Å²) >= 11 is 0. The molecule has 1 aromatic carbocycles. The van der Waals surface area contributed by atoms with Gasteiger partial charge in [-0.25, -0.2) is 0 Å². The summed E-state index contributed by atoms with van der Waals surface area (Å²) in [6, 6.07) is 6.71. The summed E-state index contributed by atoms with van der Waals surface area (Å²) in [5.74, 6) is 0.409. The minimum absolute atomic E-state index is 0.103. The van der Waals surface area contributed by atoms with Crippen LogP contribution in [0.25, 0.3) is 0 Å². The van der Waals surface area contributed by atoms with Crippen molar-refractivity contribution < 1.29 is 14.0 Å². The van der Waals surface area contributed by atoms with Gasteiger partial charge in [-0.3, -0.25) is 9.59 Å². The number of carbonyl (C=O) groups is 2. The van der Waals surface area contributed by atoms with Crippen LogP contribution in [-0.4, -0.2) is 22.0 Å².